The quantitative estimate of drug-likeness (QED) is 0.730. The lowest BCUT2D eigenvalue weighted by molar-refractivity contribution is -0.141. The molecule has 1 unspecified atom stereocenters. The largest absolute Gasteiger partial charge is 0.481 e. The summed E-state index contributed by atoms with van der Waals surface area (Å²) in [6.07, 6.45) is 5.81. The molecule has 1 saturated heterocycles. The second-order valence-corrected chi connectivity index (χ2v) is 7.61. The van der Waals surface area contributed by atoms with Gasteiger partial charge in [-0.05, 0) is 37.5 Å². The van der Waals surface area contributed by atoms with Gasteiger partial charge in [0.05, 0.1) is 16.5 Å². The lowest BCUT2D eigenvalue weighted by atomic mass is 9.95. The van der Waals surface area contributed by atoms with E-state index in [1.807, 2.05) is 0 Å². The van der Waals surface area contributed by atoms with E-state index >= 15 is 0 Å². The molecule has 0 spiro atoms. The Kier molecular flexibility index (Phi) is 6.21. The van der Waals surface area contributed by atoms with E-state index in [2.05, 4.69) is 10.6 Å². The highest BCUT2D eigenvalue weighted by Gasteiger charge is 2.31. The van der Waals surface area contributed by atoms with Crippen molar-refractivity contribution in [1.82, 2.24) is 10.2 Å². The van der Waals surface area contributed by atoms with Crippen molar-refractivity contribution in [2.45, 2.75) is 44.6 Å². The van der Waals surface area contributed by atoms with Gasteiger partial charge in [0.25, 0.3) is 5.91 Å². The van der Waals surface area contributed by atoms with Gasteiger partial charge in [-0.1, -0.05) is 30.9 Å². The number of hydrogen-bond acceptors (Lipinski definition) is 3. The summed E-state index contributed by atoms with van der Waals surface area (Å²) < 4.78 is 0. The zero-order chi connectivity index (χ0) is 19.4. The molecule has 0 aromatic heterocycles. The summed E-state index contributed by atoms with van der Waals surface area (Å²) in [5, 5.41) is 15.1. The molecular weight excluding hydrogens is 370 g/mol. The van der Waals surface area contributed by atoms with E-state index in [1.165, 1.54) is 11.3 Å². The average molecular weight is 394 g/mol. The lowest BCUT2D eigenvalue weighted by Crippen LogP contribution is -2.36. The number of rotatable bonds is 4. The molecule has 1 saturated carbocycles. The van der Waals surface area contributed by atoms with Crippen LogP contribution in [-0.2, 0) is 4.79 Å². The van der Waals surface area contributed by atoms with Gasteiger partial charge in [-0.3, -0.25) is 9.59 Å². The lowest BCUT2D eigenvalue weighted by Gasteiger charge is -2.23. The van der Waals surface area contributed by atoms with Crippen molar-refractivity contribution in [3.05, 3.63) is 28.8 Å². The minimum absolute atomic E-state index is 0.165. The minimum Gasteiger partial charge on any atom is -0.481 e. The molecular formula is C19H24ClN3O4. The van der Waals surface area contributed by atoms with Crippen LogP contribution in [0.15, 0.2) is 18.2 Å². The molecule has 1 heterocycles. The van der Waals surface area contributed by atoms with Crippen LogP contribution in [0.3, 0.4) is 0 Å². The van der Waals surface area contributed by atoms with Gasteiger partial charge in [0, 0.05) is 24.8 Å². The number of aliphatic carboxylic acids is 1. The van der Waals surface area contributed by atoms with Gasteiger partial charge in [-0.15, -0.1) is 0 Å². The van der Waals surface area contributed by atoms with Gasteiger partial charge >= 0.3 is 12.0 Å². The summed E-state index contributed by atoms with van der Waals surface area (Å²) in [6, 6.07) is 4.56. The third-order valence-electron chi connectivity index (χ3n) is 5.23. The SMILES string of the molecule is O=C(NC1CCCCC1)c1cc(NC(=O)N2CCC(C(=O)O)C2)ccc1Cl. The molecule has 1 aliphatic carbocycles. The fraction of sp³-hybridized carbons (Fsp3) is 0.526. The Balaban J connectivity index is 1.63. The molecule has 7 nitrogen and oxygen atoms in total. The van der Waals surface area contributed by atoms with Crippen LogP contribution in [0.4, 0.5) is 10.5 Å². The maximum atomic E-state index is 12.6. The Labute approximate surface area is 163 Å². The predicted octanol–water partition coefficient (Wildman–Crippen LogP) is 3.34. The van der Waals surface area contributed by atoms with Gasteiger partial charge in [0.15, 0.2) is 0 Å². The second-order valence-electron chi connectivity index (χ2n) is 7.20. The van der Waals surface area contributed by atoms with Crippen molar-refractivity contribution in [1.29, 1.82) is 0 Å². The van der Waals surface area contributed by atoms with E-state index in [4.69, 9.17) is 16.7 Å². The first-order valence-corrected chi connectivity index (χ1v) is 9.71. The predicted molar refractivity (Wildman–Crippen MR) is 102 cm³/mol. The Morgan fingerprint density at radius 1 is 1.11 bits per heavy atom. The number of hydrogen-bond donors (Lipinski definition) is 3. The first-order chi connectivity index (χ1) is 12.9. The minimum atomic E-state index is -0.890. The van der Waals surface area contributed by atoms with Crippen LogP contribution in [0.5, 0.6) is 0 Å². The highest BCUT2D eigenvalue weighted by atomic mass is 35.5. The fourth-order valence-corrected chi connectivity index (χ4v) is 3.84. The van der Waals surface area contributed by atoms with Crippen LogP contribution in [0.2, 0.25) is 5.02 Å². The number of carbonyl (C=O) groups excluding carboxylic acids is 2. The maximum absolute atomic E-state index is 12.6. The molecule has 2 fully saturated rings. The van der Waals surface area contributed by atoms with Crippen molar-refractivity contribution >= 4 is 35.2 Å². The van der Waals surface area contributed by atoms with Gasteiger partial charge in [0.2, 0.25) is 0 Å². The van der Waals surface area contributed by atoms with E-state index in [1.54, 1.807) is 18.2 Å². The molecule has 1 aromatic rings. The van der Waals surface area contributed by atoms with E-state index < -0.39 is 11.9 Å². The first kappa shape index (κ1) is 19.5. The Morgan fingerprint density at radius 2 is 1.85 bits per heavy atom. The molecule has 3 rings (SSSR count). The van der Waals surface area contributed by atoms with Gasteiger partial charge < -0.3 is 20.6 Å². The number of benzene rings is 1. The van der Waals surface area contributed by atoms with Gasteiger partial charge in [-0.2, -0.15) is 0 Å². The molecule has 0 bridgehead atoms. The zero-order valence-corrected chi connectivity index (χ0v) is 15.8. The molecule has 1 aromatic carbocycles. The van der Waals surface area contributed by atoms with Crippen molar-refractivity contribution in [2.24, 2.45) is 5.92 Å². The van der Waals surface area contributed by atoms with Crippen LogP contribution >= 0.6 is 11.6 Å². The molecule has 2 aliphatic rings. The monoisotopic (exact) mass is 393 g/mol. The maximum Gasteiger partial charge on any atom is 0.321 e. The van der Waals surface area contributed by atoms with Crippen molar-refractivity contribution in [3.63, 3.8) is 0 Å². The molecule has 27 heavy (non-hydrogen) atoms. The van der Waals surface area contributed by atoms with Crippen molar-refractivity contribution in [2.75, 3.05) is 18.4 Å². The summed E-state index contributed by atoms with van der Waals surface area (Å²) in [4.78, 5) is 37.4. The van der Waals surface area contributed by atoms with Crippen LogP contribution in [-0.4, -0.2) is 47.0 Å². The van der Waals surface area contributed by atoms with E-state index in [-0.39, 0.29) is 24.5 Å². The molecule has 3 amide bonds. The zero-order valence-electron chi connectivity index (χ0n) is 15.0. The van der Waals surface area contributed by atoms with Gasteiger partial charge in [-0.25, -0.2) is 4.79 Å². The Bertz CT molecular complexity index is 734. The van der Waals surface area contributed by atoms with Crippen molar-refractivity contribution in [3.8, 4) is 0 Å². The third-order valence-corrected chi connectivity index (χ3v) is 5.56. The van der Waals surface area contributed by atoms with E-state index in [0.29, 0.717) is 29.2 Å². The number of nitrogens with one attached hydrogen (secondary N) is 2. The van der Waals surface area contributed by atoms with Crippen LogP contribution in [0, 0.1) is 5.92 Å². The standard InChI is InChI=1S/C19H24ClN3O4/c20-16-7-6-14(22-19(27)23-9-8-12(11-23)18(25)26)10-15(16)17(24)21-13-4-2-1-3-5-13/h6-7,10,12-13H,1-5,8-9,11H2,(H,21,24)(H,22,27)(H,25,26). The highest BCUT2D eigenvalue weighted by molar-refractivity contribution is 6.34. The topological polar surface area (TPSA) is 98.7 Å². The molecule has 3 N–H and O–H groups in total. The summed E-state index contributed by atoms with van der Waals surface area (Å²) in [7, 11) is 0. The number of carboxylic acid groups (broad SMARTS) is 1. The highest BCUT2D eigenvalue weighted by Crippen LogP contribution is 2.24. The van der Waals surface area contributed by atoms with Crippen LogP contribution in [0.25, 0.3) is 0 Å². The number of amides is 3. The molecule has 1 atom stereocenters. The summed E-state index contributed by atoms with van der Waals surface area (Å²) >= 11 is 6.18. The fourth-order valence-electron chi connectivity index (χ4n) is 3.64. The number of nitrogens with zero attached hydrogens (tertiary/aromatic N) is 1. The number of likely N-dealkylation sites (tertiary alicyclic amines) is 1. The summed E-state index contributed by atoms with van der Waals surface area (Å²) in [5.74, 6) is -1.66. The number of halogens is 1. The van der Waals surface area contributed by atoms with E-state index in [9.17, 15) is 14.4 Å². The average Bonchev–Trinajstić information content (AvgIpc) is 3.15. The Hall–Kier alpha value is -2.28. The number of carboxylic acids is 1. The van der Waals surface area contributed by atoms with E-state index in [0.717, 1.165) is 25.7 Å². The Morgan fingerprint density at radius 3 is 2.52 bits per heavy atom. The van der Waals surface area contributed by atoms with Crippen molar-refractivity contribution < 1.29 is 19.5 Å². The normalized spacial score (nSPS) is 20.3. The molecule has 0 radical (unpaired) electrons. The van der Waals surface area contributed by atoms with Crippen LogP contribution < -0.4 is 10.6 Å². The smallest absolute Gasteiger partial charge is 0.321 e. The second kappa shape index (κ2) is 8.61. The molecule has 8 heteroatoms. The summed E-state index contributed by atoms with van der Waals surface area (Å²) in [6.45, 7) is 0.579. The molecule has 146 valence electrons. The van der Waals surface area contributed by atoms with Gasteiger partial charge in [0.1, 0.15) is 0 Å². The van der Waals surface area contributed by atoms with Crippen LogP contribution in [0.1, 0.15) is 48.9 Å². The summed E-state index contributed by atoms with van der Waals surface area (Å²) in [5.41, 5.74) is 0.779. The molecule has 1 aliphatic heterocycles. The third kappa shape index (κ3) is 4.91. The number of urea groups is 1. The first-order valence-electron chi connectivity index (χ1n) is 9.33. The number of anilines is 1. The number of carbonyl (C=O) groups is 3.